The lowest BCUT2D eigenvalue weighted by atomic mass is 10.1. The molecule has 9 nitrogen and oxygen atoms in total. The van der Waals surface area contributed by atoms with Gasteiger partial charge in [0, 0.05) is 16.6 Å². The van der Waals surface area contributed by atoms with Gasteiger partial charge in [0.05, 0.1) is 19.1 Å². The molecule has 1 N–H and O–H groups in total. The molecule has 0 aliphatic carbocycles. The van der Waals surface area contributed by atoms with Gasteiger partial charge in [-0.15, -0.1) is 0 Å². The Kier molecular flexibility index (Phi) is 7.55. The van der Waals surface area contributed by atoms with E-state index in [1.165, 1.54) is 20.3 Å². The van der Waals surface area contributed by atoms with Crippen LogP contribution < -0.4 is 14.8 Å². The van der Waals surface area contributed by atoms with Gasteiger partial charge in [0.1, 0.15) is 6.54 Å². The van der Waals surface area contributed by atoms with Gasteiger partial charge < -0.3 is 19.5 Å². The van der Waals surface area contributed by atoms with Crippen LogP contribution >= 0.6 is 11.8 Å². The zero-order valence-corrected chi connectivity index (χ0v) is 20.3. The Hall–Kier alpha value is -4.31. The van der Waals surface area contributed by atoms with Crippen LogP contribution in [-0.2, 0) is 19.1 Å². The molecule has 1 aliphatic rings. The molecule has 3 amide bonds. The van der Waals surface area contributed by atoms with Crippen LogP contribution in [0.3, 0.4) is 0 Å². The van der Waals surface area contributed by atoms with Gasteiger partial charge in [0.25, 0.3) is 11.1 Å². The Morgan fingerprint density at radius 1 is 1.00 bits per heavy atom. The topological polar surface area (TPSA) is 111 Å². The van der Waals surface area contributed by atoms with Crippen molar-refractivity contribution in [3.63, 3.8) is 0 Å². The van der Waals surface area contributed by atoms with Crippen LogP contribution in [0.25, 0.3) is 16.8 Å². The summed E-state index contributed by atoms with van der Waals surface area (Å²) >= 11 is 0.709. The molecule has 0 aromatic heterocycles. The van der Waals surface area contributed by atoms with Gasteiger partial charge in [0.15, 0.2) is 18.1 Å². The lowest BCUT2D eigenvalue weighted by molar-refractivity contribution is -0.143. The Labute approximate surface area is 211 Å². The molecule has 36 heavy (non-hydrogen) atoms. The second-order valence-corrected chi connectivity index (χ2v) is 8.58. The Bertz CT molecular complexity index is 1380. The average molecular weight is 507 g/mol. The minimum Gasteiger partial charge on any atom is -0.493 e. The van der Waals surface area contributed by atoms with E-state index in [0.29, 0.717) is 28.8 Å². The van der Waals surface area contributed by atoms with Crippen LogP contribution in [0.15, 0.2) is 65.6 Å². The number of benzene rings is 3. The van der Waals surface area contributed by atoms with Gasteiger partial charge in [-0.3, -0.25) is 19.3 Å². The number of amides is 3. The maximum atomic E-state index is 13.0. The van der Waals surface area contributed by atoms with Gasteiger partial charge in [-0.2, -0.15) is 0 Å². The van der Waals surface area contributed by atoms with E-state index >= 15 is 0 Å². The molecule has 1 aliphatic heterocycles. The number of imide groups is 1. The van der Waals surface area contributed by atoms with Gasteiger partial charge >= 0.3 is 5.97 Å². The maximum absolute atomic E-state index is 13.0. The quantitative estimate of drug-likeness (QED) is 0.360. The minimum absolute atomic E-state index is 0.106. The summed E-state index contributed by atoms with van der Waals surface area (Å²) in [5.74, 6) is -1.16. The molecule has 3 aromatic carbocycles. The summed E-state index contributed by atoms with van der Waals surface area (Å²) < 4.78 is 15.4. The van der Waals surface area contributed by atoms with E-state index in [-0.39, 0.29) is 17.3 Å². The second-order valence-electron chi connectivity index (χ2n) is 7.59. The summed E-state index contributed by atoms with van der Waals surface area (Å²) in [6, 6.07) is 18.0. The van der Waals surface area contributed by atoms with E-state index in [1.54, 1.807) is 24.3 Å². The lowest BCUT2D eigenvalue weighted by Crippen LogP contribution is -2.36. The summed E-state index contributed by atoms with van der Waals surface area (Å²) in [5.41, 5.74) is 1.01. The average Bonchev–Trinajstić information content (AvgIpc) is 3.14. The number of carbonyl (C=O) groups is 4. The SMILES string of the molecule is COC(=O)COc1c(/C=C2/SC(=O)N(CC(=O)Nc3cccc4ccccc34)C2=O)cccc1OC. The van der Waals surface area contributed by atoms with Crippen molar-refractivity contribution in [2.45, 2.75) is 0 Å². The van der Waals surface area contributed by atoms with Crippen molar-refractivity contribution in [2.24, 2.45) is 0 Å². The van der Waals surface area contributed by atoms with Crippen molar-refractivity contribution >= 4 is 57.3 Å². The van der Waals surface area contributed by atoms with Crippen molar-refractivity contribution in [1.29, 1.82) is 0 Å². The van der Waals surface area contributed by atoms with Crippen molar-refractivity contribution in [1.82, 2.24) is 4.90 Å². The molecule has 0 spiro atoms. The molecular weight excluding hydrogens is 484 g/mol. The van der Waals surface area contributed by atoms with Gasteiger partial charge in [0.2, 0.25) is 5.91 Å². The molecule has 4 rings (SSSR count). The zero-order valence-electron chi connectivity index (χ0n) is 19.5. The Balaban J connectivity index is 1.52. The molecule has 1 fully saturated rings. The third-order valence-electron chi connectivity index (χ3n) is 5.32. The summed E-state index contributed by atoms with van der Waals surface area (Å²) in [6.07, 6.45) is 1.46. The summed E-state index contributed by atoms with van der Waals surface area (Å²) in [6.45, 7) is -0.803. The Morgan fingerprint density at radius 3 is 2.53 bits per heavy atom. The van der Waals surface area contributed by atoms with Gasteiger partial charge in [-0.25, -0.2) is 4.79 Å². The fourth-order valence-corrected chi connectivity index (χ4v) is 4.43. The number of para-hydroxylation sites is 1. The number of nitrogens with zero attached hydrogens (tertiary/aromatic N) is 1. The Morgan fingerprint density at radius 2 is 1.75 bits per heavy atom. The summed E-state index contributed by atoms with van der Waals surface area (Å²) in [7, 11) is 2.67. The largest absolute Gasteiger partial charge is 0.493 e. The highest BCUT2D eigenvalue weighted by Gasteiger charge is 2.36. The molecule has 0 unspecified atom stereocenters. The van der Waals surface area contributed by atoms with Crippen LogP contribution in [0.2, 0.25) is 0 Å². The number of hydrogen-bond acceptors (Lipinski definition) is 8. The van der Waals surface area contributed by atoms with E-state index in [1.807, 2.05) is 36.4 Å². The number of esters is 1. The first-order chi connectivity index (χ1) is 17.4. The highest BCUT2D eigenvalue weighted by Crippen LogP contribution is 2.37. The lowest BCUT2D eigenvalue weighted by Gasteiger charge is -2.14. The second kappa shape index (κ2) is 11.0. The minimum atomic E-state index is -0.611. The number of fused-ring (bicyclic) bond motifs is 1. The van der Waals surface area contributed by atoms with E-state index in [2.05, 4.69) is 10.1 Å². The normalized spacial score (nSPS) is 14.3. The maximum Gasteiger partial charge on any atom is 0.343 e. The van der Waals surface area contributed by atoms with Crippen molar-refractivity contribution in [2.75, 3.05) is 32.7 Å². The van der Waals surface area contributed by atoms with E-state index in [4.69, 9.17) is 9.47 Å². The molecule has 1 heterocycles. The highest BCUT2D eigenvalue weighted by atomic mass is 32.2. The number of carbonyl (C=O) groups excluding carboxylic acids is 4. The molecule has 0 bridgehead atoms. The fraction of sp³-hybridized carbons (Fsp3) is 0.154. The first-order valence-corrected chi connectivity index (χ1v) is 11.6. The molecule has 10 heteroatoms. The molecule has 0 atom stereocenters. The van der Waals surface area contributed by atoms with Crippen molar-refractivity contribution in [3.05, 3.63) is 71.1 Å². The van der Waals surface area contributed by atoms with E-state index < -0.39 is 29.6 Å². The molecular formula is C26H22N2O7S. The molecule has 3 aromatic rings. The molecule has 0 saturated carbocycles. The van der Waals surface area contributed by atoms with E-state index in [9.17, 15) is 19.2 Å². The van der Waals surface area contributed by atoms with Crippen LogP contribution in [0, 0.1) is 0 Å². The van der Waals surface area contributed by atoms with Crippen LogP contribution in [-0.4, -0.2) is 55.3 Å². The van der Waals surface area contributed by atoms with Crippen LogP contribution in [0.5, 0.6) is 11.5 Å². The fourth-order valence-electron chi connectivity index (χ4n) is 3.60. The first-order valence-electron chi connectivity index (χ1n) is 10.8. The van der Waals surface area contributed by atoms with E-state index in [0.717, 1.165) is 15.7 Å². The standard InChI is InChI=1S/C26H22N2O7S/c1-33-20-12-6-9-17(24(20)35-15-23(30)34-2)13-21-25(31)28(26(32)36-21)14-22(29)27-19-11-5-8-16-7-3-4-10-18(16)19/h3-13H,14-15H2,1-2H3,(H,27,29)/b21-13+. The number of hydrogen-bond donors (Lipinski definition) is 1. The third-order valence-corrected chi connectivity index (χ3v) is 6.22. The van der Waals surface area contributed by atoms with Crippen molar-refractivity contribution in [3.8, 4) is 11.5 Å². The van der Waals surface area contributed by atoms with Gasteiger partial charge in [-0.1, -0.05) is 48.5 Å². The third kappa shape index (κ3) is 5.33. The number of anilines is 1. The number of methoxy groups -OCH3 is 2. The van der Waals surface area contributed by atoms with Gasteiger partial charge in [-0.05, 0) is 35.4 Å². The summed E-state index contributed by atoms with van der Waals surface area (Å²) in [4.78, 5) is 50.8. The van der Waals surface area contributed by atoms with Crippen LogP contribution in [0.1, 0.15) is 5.56 Å². The molecule has 184 valence electrons. The van der Waals surface area contributed by atoms with Crippen LogP contribution in [0.4, 0.5) is 10.5 Å². The predicted molar refractivity (Wildman–Crippen MR) is 136 cm³/mol. The smallest absolute Gasteiger partial charge is 0.343 e. The highest BCUT2D eigenvalue weighted by molar-refractivity contribution is 8.18. The molecule has 0 radical (unpaired) electrons. The summed E-state index contributed by atoms with van der Waals surface area (Å²) in [5, 5.41) is 4.01. The van der Waals surface area contributed by atoms with Crippen molar-refractivity contribution < 1.29 is 33.4 Å². The predicted octanol–water partition coefficient (Wildman–Crippen LogP) is 4.08. The number of thioether (sulfide) groups is 1. The number of nitrogens with one attached hydrogen (secondary N) is 1. The zero-order chi connectivity index (χ0) is 25.7. The molecule has 1 saturated heterocycles. The monoisotopic (exact) mass is 506 g/mol. The number of rotatable bonds is 8. The first kappa shape index (κ1) is 24.8. The number of ether oxygens (including phenoxy) is 3.